The van der Waals surface area contributed by atoms with Gasteiger partial charge in [0.05, 0.1) is 52.5 Å². The Morgan fingerprint density at radius 3 is 1.66 bits per heavy atom. The van der Waals surface area contributed by atoms with Gasteiger partial charge in [-0.2, -0.15) is 0 Å². The molecule has 1 saturated carbocycles. The van der Waals surface area contributed by atoms with E-state index in [1.165, 1.54) is 44.1 Å². The Balaban J connectivity index is 1.11. The predicted molar refractivity (Wildman–Crippen MR) is 231 cm³/mol. The number of unbranched alkanes of at least 4 members (excludes halogenated alkanes) is 9. The predicted octanol–water partition coefficient (Wildman–Crippen LogP) is 11.4. The second-order valence-electron chi connectivity index (χ2n) is 16.0. The van der Waals surface area contributed by atoms with Gasteiger partial charge in [0.25, 0.3) is 0 Å². The standard InChI is InChI=1S/C49H72O10/c1-5-18-40-20-22-41(23-21-40)42-24-26-43(27-25-42)54-31-12-6-8-14-33-56-46(50)29-30-47(51)57-34-15-9-7-13-32-55-45-28-19-39(4)37-44(45)49(53)59-36-17-11-10-16-35-58-48(52)38(2)3/h19,24-28,37,40-41H,2,5-18,20-23,29-36H2,1,3-4H3. The fourth-order valence-corrected chi connectivity index (χ4v) is 7.25. The molecule has 0 aliphatic heterocycles. The van der Waals surface area contributed by atoms with E-state index in [1.54, 1.807) is 19.1 Å². The maximum Gasteiger partial charge on any atom is 0.341 e. The van der Waals surface area contributed by atoms with Crippen molar-refractivity contribution < 1.29 is 47.6 Å². The quantitative estimate of drug-likeness (QED) is 0.0314. The van der Waals surface area contributed by atoms with Crippen molar-refractivity contribution in [2.24, 2.45) is 5.92 Å². The number of aryl methyl sites for hydroxylation is 1. The summed E-state index contributed by atoms with van der Waals surface area (Å²) in [5.41, 5.74) is 3.19. The molecule has 0 atom stereocenters. The van der Waals surface area contributed by atoms with Crippen LogP contribution in [0.25, 0.3) is 0 Å². The molecule has 0 unspecified atom stereocenters. The lowest BCUT2D eigenvalue weighted by molar-refractivity contribution is -0.150. The summed E-state index contributed by atoms with van der Waals surface area (Å²) >= 11 is 0. The van der Waals surface area contributed by atoms with Crippen LogP contribution in [-0.4, -0.2) is 63.5 Å². The summed E-state index contributed by atoms with van der Waals surface area (Å²) in [5.74, 6) is 1.49. The van der Waals surface area contributed by atoms with Crippen LogP contribution in [0.5, 0.6) is 11.5 Å². The van der Waals surface area contributed by atoms with E-state index in [0.29, 0.717) is 62.4 Å². The molecule has 0 amide bonds. The first-order valence-corrected chi connectivity index (χ1v) is 22.4. The third kappa shape index (κ3) is 21.5. The minimum absolute atomic E-state index is 0.0151. The van der Waals surface area contributed by atoms with Crippen molar-refractivity contribution >= 4 is 23.9 Å². The van der Waals surface area contributed by atoms with Gasteiger partial charge in [-0.3, -0.25) is 9.59 Å². The molecule has 0 N–H and O–H groups in total. The van der Waals surface area contributed by atoms with Crippen molar-refractivity contribution in [3.63, 3.8) is 0 Å². The Bertz CT molecular complexity index is 1530. The Kier molecular flexibility index (Phi) is 24.8. The third-order valence-corrected chi connectivity index (χ3v) is 10.8. The number of hydrogen-bond donors (Lipinski definition) is 0. The average Bonchev–Trinajstić information content (AvgIpc) is 3.23. The largest absolute Gasteiger partial charge is 0.494 e. The topological polar surface area (TPSA) is 124 Å². The SMILES string of the molecule is C=C(C)C(=O)OCCCCCCOC(=O)c1cc(C)ccc1OCCCCCCOC(=O)CCC(=O)OCCCCCCOc1ccc(C2CCC(CCC)CC2)cc1. The van der Waals surface area contributed by atoms with Crippen LogP contribution in [0.4, 0.5) is 0 Å². The molecule has 1 aliphatic rings. The van der Waals surface area contributed by atoms with Crippen molar-refractivity contribution in [3.05, 3.63) is 71.3 Å². The molecule has 0 spiro atoms. The molecule has 10 nitrogen and oxygen atoms in total. The van der Waals surface area contributed by atoms with Gasteiger partial charge in [-0.15, -0.1) is 0 Å². The minimum atomic E-state index is -0.409. The lowest BCUT2D eigenvalue weighted by Crippen LogP contribution is -2.13. The number of rotatable bonds is 31. The lowest BCUT2D eigenvalue weighted by atomic mass is 9.77. The van der Waals surface area contributed by atoms with E-state index in [-0.39, 0.29) is 24.8 Å². The van der Waals surface area contributed by atoms with Gasteiger partial charge >= 0.3 is 23.9 Å². The highest BCUT2D eigenvalue weighted by atomic mass is 16.5. The van der Waals surface area contributed by atoms with Crippen molar-refractivity contribution in [1.82, 2.24) is 0 Å². The van der Waals surface area contributed by atoms with Gasteiger partial charge in [0, 0.05) is 5.57 Å². The second-order valence-corrected chi connectivity index (χ2v) is 16.0. The first kappa shape index (κ1) is 49.0. The number of carbonyl (C=O) groups excluding carboxylic acids is 4. The van der Waals surface area contributed by atoms with Gasteiger partial charge in [-0.1, -0.05) is 50.1 Å². The van der Waals surface area contributed by atoms with E-state index >= 15 is 0 Å². The highest BCUT2D eigenvalue weighted by Crippen LogP contribution is 2.38. The van der Waals surface area contributed by atoms with Crippen LogP contribution in [0.3, 0.4) is 0 Å². The van der Waals surface area contributed by atoms with E-state index in [1.807, 2.05) is 13.0 Å². The lowest BCUT2D eigenvalue weighted by Gasteiger charge is -2.28. The monoisotopic (exact) mass is 821 g/mol. The molecule has 10 heteroatoms. The van der Waals surface area contributed by atoms with Crippen LogP contribution in [-0.2, 0) is 33.3 Å². The summed E-state index contributed by atoms with van der Waals surface area (Å²) in [7, 11) is 0. The molecule has 0 heterocycles. The van der Waals surface area contributed by atoms with Crippen LogP contribution in [0.2, 0.25) is 0 Å². The Morgan fingerprint density at radius 2 is 1.12 bits per heavy atom. The first-order valence-electron chi connectivity index (χ1n) is 22.4. The zero-order chi connectivity index (χ0) is 42.5. The Morgan fingerprint density at radius 1 is 0.610 bits per heavy atom. The Hall–Kier alpha value is -4.34. The second kappa shape index (κ2) is 29.8. The molecule has 1 fully saturated rings. The highest BCUT2D eigenvalue weighted by Gasteiger charge is 2.22. The normalized spacial score (nSPS) is 14.9. The molecule has 0 bridgehead atoms. The summed E-state index contributed by atoms with van der Waals surface area (Å²) < 4.78 is 33.1. The van der Waals surface area contributed by atoms with Crippen molar-refractivity contribution in [1.29, 1.82) is 0 Å². The van der Waals surface area contributed by atoms with Gasteiger partial charge in [0.1, 0.15) is 17.1 Å². The summed E-state index contributed by atoms with van der Waals surface area (Å²) in [4.78, 5) is 48.4. The molecule has 2 aromatic carbocycles. The average molecular weight is 821 g/mol. The smallest absolute Gasteiger partial charge is 0.341 e. The number of benzene rings is 2. The highest BCUT2D eigenvalue weighted by molar-refractivity contribution is 5.92. The molecule has 59 heavy (non-hydrogen) atoms. The van der Waals surface area contributed by atoms with Crippen LogP contribution < -0.4 is 9.47 Å². The first-order chi connectivity index (χ1) is 28.7. The van der Waals surface area contributed by atoms with Crippen LogP contribution in [0.1, 0.15) is 170 Å². The number of carbonyl (C=O) groups is 4. The van der Waals surface area contributed by atoms with E-state index in [0.717, 1.165) is 94.3 Å². The molecule has 0 saturated heterocycles. The van der Waals surface area contributed by atoms with Crippen LogP contribution in [0, 0.1) is 12.8 Å². The van der Waals surface area contributed by atoms with Gasteiger partial charge in [-0.05, 0) is 158 Å². The van der Waals surface area contributed by atoms with Gasteiger partial charge in [0.15, 0.2) is 0 Å². The molecular weight excluding hydrogens is 749 g/mol. The molecule has 2 aromatic rings. The van der Waals surface area contributed by atoms with E-state index in [9.17, 15) is 19.2 Å². The zero-order valence-corrected chi connectivity index (χ0v) is 36.4. The molecule has 0 aromatic heterocycles. The van der Waals surface area contributed by atoms with Gasteiger partial charge in [0.2, 0.25) is 0 Å². The van der Waals surface area contributed by atoms with Crippen molar-refractivity contribution in [2.75, 3.05) is 39.6 Å². The van der Waals surface area contributed by atoms with Crippen molar-refractivity contribution in [2.45, 2.75) is 155 Å². The van der Waals surface area contributed by atoms with Gasteiger partial charge < -0.3 is 28.4 Å². The maximum atomic E-state index is 12.8. The number of esters is 4. The molecule has 3 rings (SSSR count). The summed E-state index contributed by atoms with van der Waals surface area (Å²) in [6.45, 7) is 11.8. The zero-order valence-electron chi connectivity index (χ0n) is 36.4. The molecule has 0 radical (unpaired) electrons. The molecular formula is C49H72O10. The number of hydrogen-bond acceptors (Lipinski definition) is 10. The van der Waals surface area contributed by atoms with Crippen molar-refractivity contribution in [3.8, 4) is 11.5 Å². The van der Waals surface area contributed by atoms with Gasteiger partial charge in [-0.25, -0.2) is 9.59 Å². The summed E-state index contributed by atoms with van der Waals surface area (Å²) in [6, 6.07) is 14.2. The minimum Gasteiger partial charge on any atom is -0.494 e. The summed E-state index contributed by atoms with van der Waals surface area (Å²) in [6.07, 6.45) is 18.2. The number of ether oxygens (including phenoxy) is 6. The van der Waals surface area contributed by atoms with Crippen LogP contribution in [0.15, 0.2) is 54.6 Å². The maximum absolute atomic E-state index is 12.8. The molecule has 1 aliphatic carbocycles. The fourth-order valence-electron chi connectivity index (χ4n) is 7.25. The van der Waals surface area contributed by atoms with E-state index in [2.05, 4.69) is 37.8 Å². The fraction of sp³-hybridized carbons (Fsp3) is 0.633. The summed E-state index contributed by atoms with van der Waals surface area (Å²) in [5, 5.41) is 0. The van der Waals surface area contributed by atoms with E-state index < -0.39 is 11.9 Å². The molecule has 328 valence electrons. The Labute approximate surface area is 354 Å². The van der Waals surface area contributed by atoms with E-state index in [4.69, 9.17) is 28.4 Å². The third-order valence-electron chi connectivity index (χ3n) is 10.8. The van der Waals surface area contributed by atoms with Crippen LogP contribution >= 0.6 is 0 Å².